The second-order valence-electron chi connectivity index (χ2n) is 4.09. The summed E-state index contributed by atoms with van der Waals surface area (Å²) in [4.78, 5) is 22.7. The van der Waals surface area contributed by atoms with Crippen molar-refractivity contribution >= 4 is 11.9 Å². The highest BCUT2D eigenvalue weighted by Crippen LogP contribution is 2.36. The highest BCUT2D eigenvalue weighted by Gasteiger charge is 2.47. The van der Waals surface area contributed by atoms with Gasteiger partial charge < -0.3 is 4.74 Å². The number of esters is 2. The van der Waals surface area contributed by atoms with Crippen molar-refractivity contribution in [3.05, 3.63) is 35.4 Å². The predicted octanol–water partition coefficient (Wildman–Crippen LogP) is 1.73. The van der Waals surface area contributed by atoms with Gasteiger partial charge in [-0.05, 0) is 25.0 Å². The first-order chi connectivity index (χ1) is 7.04. The first-order valence-electron chi connectivity index (χ1n) is 4.85. The van der Waals surface area contributed by atoms with Gasteiger partial charge in [-0.15, -0.1) is 0 Å². The molecule has 78 valence electrons. The van der Waals surface area contributed by atoms with Crippen molar-refractivity contribution in [1.82, 2.24) is 0 Å². The van der Waals surface area contributed by atoms with E-state index >= 15 is 0 Å². The molecule has 1 heterocycles. The summed E-state index contributed by atoms with van der Waals surface area (Å²) in [5, 5.41) is 0. The Morgan fingerprint density at radius 2 is 1.93 bits per heavy atom. The molecule has 15 heavy (non-hydrogen) atoms. The molecule has 1 aromatic carbocycles. The van der Waals surface area contributed by atoms with Crippen molar-refractivity contribution in [3.8, 4) is 0 Å². The number of benzene rings is 1. The molecular formula is C12H12O3. The number of cyclic esters (lactones) is 2. The Labute approximate surface area is 88.1 Å². The Morgan fingerprint density at radius 3 is 2.47 bits per heavy atom. The third-order valence-electron chi connectivity index (χ3n) is 2.89. The minimum Gasteiger partial charge on any atom is -0.392 e. The van der Waals surface area contributed by atoms with Gasteiger partial charge in [-0.3, -0.25) is 9.59 Å². The van der Waals surface area contributed by atoms with Crippen LogP contribution in [0, 0.1) is 6.92 Å². The zero-order valence-corrected chi connectivity index (χ0v) is 8.74. The molecule has 0 spiro atoms. The van der Waals surface area contributed by atoms with Crippen LogP contribution in [-0.2, 0) is 19.7 Å². The Bertz CT molecular complexity index is 436. The molecule has 0 saturated carbocycles. The van der Waals surface area contributed by atoms with E-state index in [1.54, 1.807) is 6.92 Å². The molecule has 3 nitrogen and oxygen atoms in total. The van der Waals surface area contributed by atoms with E-state index in [4.69, 9.17) is 0 Å². The fourth-order valence-corrected chi connectivity index (χ4v) is 2.01. The fraction of sp³-hybridized carbons (Fsp3) is 0.333. The van der Waals surface area contributed by atoms with Gasteiger partial charge in [0, 0.05) is 0 Å². The van der Waals surface area contributed by atoms with Crippen LogP contribution < -0.4 is 0 Å². The lowest BCUT2D eigenvalue weighted by atomic mass is 9.79. The third kappa shape index (κ3) is 1.44. The second-order valence-corrected chi connectivity index (χ2v) is 4.09. The maximum atomic E-state index is 11.6. The highest BCUT2D eigenvalue weighted by atomic mass is 16.6. The summed E-state index contributed by atoms with van der Waals surface area (Å²) in [5.74, 6) is -0.882. The smallest absolute Gasteiger partial charge is 0.324 e. The van der Waals surface area contributed by atoms with E-state index in [1.165, 1.54) is 0 Å². The quantitative estimate of drug-likeness (QED) is 0.516. The van der Waals surface area contributed by atoms with Gasteiger partial charge in [0.15, 0.2) is 0 Å². The van der Waals surface area contributed by atoms with E-state index in [1.807, 2.05) is 31.2 Å². The van der Waals surface area contributed by atoms with Gasteiger partial charge in [0.1, 0.15) is 5.41 Å². The topological polar surface area (TPSA) is 43.4 Å². The van der Waals surface area contributed by atoms with E-state index in [9.17, 15) is 9.59 Å². The Balaban J connectivity index is 2.51. The number of carbonyl (C=O) groups excluding carboxylic acids is 2. The van der Waals surface area contributed by atoms with E-state index in [0.29, 0.717) is 0 Å². The van der Waals surface area contributed by atoms with Crippen LogP contribution in [0.4, 0.5) is 0 Å². The van der Waals surface area contributed by atoms with Gasteiger partial charge in [0.2, 0.25) is 0 Å². The minimum absolute atomic E-state index is 0.136. The predicted molar refractivity (Wildman–Crippen MR) is 54.2 cm³/mol. The maximum absolute atomic E-state index is 11.6. The molecule has 0 N–H and O–H groups in total. The molecule has 1 aliphatic heterocycles. The standard InChI is InChI=1S/C12H12O3/c1-8-5-3-4-6-9(8)12(2)7-10(13)15-11(12)14/h3-6H,7H2,1-2H3. The number of ether oxygens (including phenoxy) is 1. The molecule has 0 amide bonds. The average molecular weight is 204 g/mol. The number of hydrogen-bond acceptors (Lipinski definition) is 3. The molecule has 0 bridgehead atoms. The Morgan fingerprint density at radius 1 is 1.27 bits per heavy atom. The first kappa shape index (κ1) is 9.90. The molecule has 0 radical (unpaired) electrons. The largest absolute Gasteiger partial charge is 0.392 e. The van der Waals surface area contributed by atoms with Crippen LogP contribution in [0.25, 0.3) is 0 Å². The molecule has 3 heteroatoms. The van der Waals surface area contributed by atoms with Crippen molar-refractivity contribution in [3.63, 3.8) is 0 Å². The van der Waals surface area contributed by atoms with E-state index in [0.717, 1.165) is 11.1 Å². The number of carbonyl (C=O) groups is 2. The van der Waals surface area contributed by atoms with Gasteiger partial charge in [-0.2, -0.15) is 0 Å². The third-order valence-corrected chi connectivity index (χ3v) is 2.89. The molecule has 1 aliphatic rings. The second kappa shape index (κ2) is 3.19. The van der Waals surface area contributed by atoms with Crippen molar-refractivity contribution in [2.24, 2.45) is 0 Å². The average Bonchev–Trinajstić information content (AvgIpc) is 2.42. The Kier molecular flexibility index (Phi) is 2.11. The summed E-state index contributed by atoms with van der Waals surface area (Å²) in [5.41, 5.74) is 1.08. The van der Waals surface area contributed by atoms with E-state index in [2.05, 4.69) is 4.74 Å². The maximum Gasteiger partial charge on any atom is 0.324 e. The van der Waals surface area contributed by atoms with Crippen LogP contribution in [0.5, 0.6) is 0 Å². The highest BCUT2D eigenvalue weighted by molar-refractivity contribution is 6.01. The van der Waals surface area contributed by atoms with Gasteiger partial charge in [-0.25, -0.2) is 0 Å². The molecule has 1 aromatic rings. The van der Waals surface area contributed by atoms with Gasteiger partial charge in [0.25, 0.3) is 0 Å². The van der Waals surface area contributed by atoms with Crippen LogP contribution in [0.2, 0.25) is 0 Å². The van der Waals surface area contributed by atoms with Crippen molar-refractivity contribution in [2.45, 2.75) is 25.7 Å². The molecule has 2 rings (SSSR count). The van der Waals surface area contributed by atoms with Crippen molar-refractivity contribution in [1.29, 1.82) is 0 Å². The summed E-state index contributed by atoms with van der Waals surface area (Å²) in [6.45, 7) is 3.68. The van der Waals surface area contributed by atoms with Crippen LogP contribution >= 0.6 is 0 Å². The summed E-state index contributed by atoms with van der Waals surface area (Å²) in [6.07, 6.45) is 0.136. The van der Waals surface area contributed by atoms with Crippen LogP contribution in [0.3, 0.4) is 0 Å². The van der Waals surface area contributed by atoms with Crippen LogP contribution in [0.1, 0.15) is 24.5 Å². The molecular weight excluding hydrogens is 192 g/mol. The zero-order valence-electron chi connectivity index (χ0n) is 8.74. The first-order valence-corrected chi connectivity index (χ1v) is 4.85. The van der Waals surface area contributed by atoms with Gasteiger partial charge in [0.05, 0.1) is 6.42 Å². The monoisotopic (exact) mass is 204 g/mol. The van der Waals surface area contributed by atoms with Crippen molar-refractivity contribution < 1.29 is 14.3 Å². The zero-order chi connectivity index (χ0) is 11.1. The lowest BCUT2D eigenvalue weighted by Crippen LogP contribution is -2.28. The summed E-state index contributed by atoms with van der Waals surface area (Å²) < 4.78 is 4.61. The molecule has 1 fully saturated rings. The fourth-order valence-electron chi connectivity index (χ4n) is 2.01. The molecule has 1 unspecified atom stereocenters. The van der Waals surface area contributed by atoms with E-state index < -0.39 is 17.4 Å². The normalized spacial score (nSPS) is 25.5. The summed E-state index contributed by atoms with van der Waals surface area (Å²) in [6, 6.07) is 7.57. The number of hydrogen-bond donors (Lipinski definition) is 0. The van der Waals surface area contributed by atoms with E-state index in [-0.39, 0.29) is 6.42 Å². The lowest BCUT2D eigenvalue weighted by Gasteiger charge is -2.20. The SMILES string of the molecule is Cc1ccccc1C1(C)CC(=O)OC1=O. The number of aryl methyl sites for hydroxylation is 1. The Hall–Kier alpha value is -1.64. The number of rotatable bonds is 1. The molecule has 1 atom stereocenters. The van der Waals surface area contributed by atoms with Gasteiger partial charge in [-0.1, -0.05) is 24.3 Å². The molecule has 0 aromatic heterocycles. The molecule has 0 aliphatic carbocycles. The minimum atomic E-state index is -0.803. The van der Waals surface area contributed by atoms with Gasteiger partial charge >= 0.3 is 11.9 Å². The summed E-state index contributed by atoms with van der Waals surface area (Å²) in [7, 11) is 0. The molecule has 1 saturated heterocycles. The summed E-state index contributed by atoms with van der Waals surface area (Å²) >= 11 is 0. The lowest BCUT2D eigenvalue weighted by molar-refractivity contribution is -0.153. The van der Waals surface area contributed by atoms with Crippen LogP contribution in [0.15, 0.2) is 24.3 Å². The van der Waals surface area contributed by atoms with Crippen molar-refractivity contribution in [2.75, 3.05) is 0 Å². The van der Waals surface area contributed by atoms with Crippen LogP contribution in [-0.4, -0.2) is 11.9 Å².